The van der Waals surface area contributed by atoms with Crippen LogP contribution in [0.2, 0.25) is 0 Å². The fraction of sp³-hybridized carbons (Fsp3) is 0.417. The van der Waals surface area contributed by atoms with Crippen LogP contribution in [0.1, 0.15) is 56.7 Å². The van der Waals surface area contributed by atoms with E-state index in [0.29, 0.717) is 19.4 Å². The minimum Gasteiger partial charge on any atom is -0.352 e. The monoisotopic (exact) mass is 378 g/mol. The maximum absolute atomic E-state index is 12.2. The van der Waals surface area contributed by atoms with E-state index < -0.39 is 0 Å². The summed E-state index contributed by atoms with van der Waals surface area (Å²) >= 11 is 0. The van der Waals surface area contributed by atoms with E-state index >= 15 is 0 Å². The minimum absolute atomic E-state index is 0.0543. The summed E-state index contributed by atoms with van der Waals surface area (Å²) in [5, 5.41) is 2.98. The lowest BCUT2D eigenvalue weighted by atomic mass is 9.86. The van der Waals surface area contributed by atoms with Crippen LogP contribution in [0.5, 0.6) is 0 Å². The highest BCUT2D eigenvalue weighted by Crippen LogP contribution is 2.23. The number of nitrogens with one attached hydrogen (secondary N) is 1. The van der Waals surface area contributed by atoms with Gasteiger partial charge in [0.1, 0.15) is 0 Å². The van der Waals surface area contributed by atoms with Crippen molar-refractivity contribution in [2.24, 2.45) is 0 Å². The van der Waals surface area contributed by atoms with Crippen LogP contribution in [0.3, 0.4) is 0 Å². The molecule has 2 amide bonds. The average Bonchev–Trinajstić information content (AvgIpc) is 3.10. The number of carbonyl (C=O) groups is 2. The fourth-order valence-electron chi connectivity index (χ4n) is 3.43. The van der Waals surface area contributed by atoms with Gasteiger partial charge in [-0.05, 0) is 47.1 Å². The Morgan fingerprint density at radius 2 is 1.64 bits per heavy atom. The first kappa shape index (κ1) is 20.1. The Bertz CT molecular complexity index is 817. The normalized spacial score (nSPS) is 14.4. The van der Waals surface area contributed by atoms with Crippen molar-refractivity contribution in [3.63, 3.8) is 0 Å². The van der Waals surface area contributed by atoms with E-state index in [9.17, 15) is 9.59 Å². The zero-order valence-electron chi connectivity index (χ0n) is 17.1. The Kier molecular flexibility index (Phi) is 6.18. The number of nitrogens with zero attached hydrogens (tertiary/aromatic N) is 1. The fourth-order valence-corrected chi connectivity index (χ4v) is 3.43. The highest BCUT2D eigenvalue weighted by atomic mass is 16.2. The summed E-state index contributed by atoms with van der Waals surface area (Å²) in [6.45, 7) is 7.91. The van der Waals surface area contributed by atoms with Crippen molar-refractivity contribution in [2.75, 3.05) is 11.4 Å². The van der Waals surface area contributed by atoms with Gasteiger partial charge in [0, 0.05) is 31.6 Å². The van der Waals surface area contributed by atoms with E-state index in [2.05, 4.69) is 50.4 Å². The highest BCUT2D eigenvalue weighted by Gasteiger charge is 2.21. The van der Waals surface area contributed by atoms with Gasteiger partial charge in [-0.15, -0.1) is 0 Å². The second kappa shape index (κ2) is 8.59. The molecule has 0 radical (unpaired) electrons. The molecule has 1 heterocycles. The first-order chi connectivity index (χ1) is 13.3. The SMILES string of the molecule is CC(C)(C)c1ccc(CCC(=O)NCc2ccc(N3CCCC3=O)cc2)cc1. The maximum atomic E-state index is 12.2. The predicted molar refractivity (Wildman–Crippen MR) is 113 cm³/mol. The summed E-state index contributed by atoms with van der Waals surface area (Å²) in [5.41, 5.74) is 4.62. The molecule has 1 N–H and O–H groups in total. The van der Waals surface area contributed by atoms with Gasteiger partial charge >= 0.3 is 0 Å². The Labute approximate surface area is 167 Å². The molecule has 0 aromatic heterocycles. The molecule has 0 bridgehead atoms. The lowest BCUT2D eigenvalue weighted by molar-refractivity contribution is -0.121. The number of aryl methyl sites for hydroxylation is 1. The first-order valence-electron chi connectivity index (χ1n) is 10.1. The molecule has 3 rings (SSSR count). The molecule has 0 unspecified atom stereocenters. The number of hydrogen-bond donors (Lipinski definition) is 1. The molecule has 4 nitrogen and oxygen atoms in total. The lowest BCUT2D eigenvalue weighted by Crippen LogP contribution is -2.24. The number of hydrogen-bond acceptors (Lipinski definition) is 2. The third-order valence-electron chi connectivity index (χ3n) is 5.27. The Morgan fingerprint density at radius 1 is 1.00 bits per heavy atom. The smallest absolute Gasteiger partial charge is 0.227 e. The standard InChI is InChI=1S/C24H30N2O2/c1-24(2,3)20-11-6-18(7-12-20)10-15-22(27)25-17-19-8-13-21(14-9-19)26-16-4-5-23(26)28/h6-9,11-14H,4-5,10,15-17H2,1-3H3,(H,25,27). The maximum Gasteiger partial charge on any atom is 0.227 e. The summed E-state index contributed by atoms with van der Waals surface area (Å²) in [7, 11) is 0. The van der Waals surface area contributed by atoms with Gasteiger partial charge in [0.25, 0.3) is 0 Å². The molecule has 148 valence electrons. The third kappa shape index (κ3) is 5.22. The molecule has 0 atom stereocenters. The van der Waals surface area contributed by atoms with Crippen LogP contribution >= 0.6 is 0 Å². The number of anilines is 1. The van der Waals surface area contributed by atoms with Crippen LogP contribution in [0.15, 0.2) is 48.5 Å². The second-order valence-corrected chi connectivity index (χ2v) is 8.54. The van der Waals surface area contributed by atoms with E-state index in [-0.39, 0.29) is 17.2 Å². The van der Waals surface area contributed by atoms with Crippen molar-refractivity contribution in [1.82, 2.24) is 5.32 Å². The Balaban J connectivity index is 1.44. The lowest BCUT2D eigenvalue weighted by Gasteiger charge is -2.19. The van der Waals surface area contributed by atoms with E-state index in [0.717, 1.165) is 30.6 Å². The molecular weight excluding hydrogens is 348 g/mol. The minimum atomic E-state index is 0.0543. The van der Waals surface area contributed by atoms with Crippen molar-refractivity contribution in [1.29, 1.82) is 0 Å². The van der Waals surface area contributed by atoms with E-state index in [1.807, 2.05) is 29.2 Å². The van der Waals surface area contributed by atoms with Crippen molar-refractivity contribution in [3.05, 3.63) is 65.2 Å². The van der Waals surface area contributed by atoms with Crippen LogP contribution in [-0.2, 0) is 28.0 Å². The summed E-state index contributed by atoms with van der Waals surface area (Å²) in [6, 6.07) is 16.4. The van der Waals surface area contributed by atoms with Crippen LogP contribution < -0.4 is 10.2 Å². The zero-order chi connectivity index (χ0) is 20.1. The topological polar surface area (TPSA) is 49.4 Å². The van der Waals surface area contributed by atoms with Crippen molar-refractivity contribution >= 4 is 17.5 Å². The molecule has 1 fully saturated rings. The van der Waals surface area contributed by atoms with Gasteiger partial charge in [-0.1, -0.05) is 57.2 Å². The first-order valence-corrected chi connectivity index (χ1v) is 10.1. The molecular formula is C24H30N2O2. The Morgan fingerprint density at radius 3 is 2.21 bits per heavy atom. The number of amides is 2. The number of carbonyl (C=O) groups excluding carboxylic acids is 2. The molecule has 0 aliphatic carbocycles. The van der Waals surface area contributed by atoms with Gasteiger partial charge < -0.3 is 10.2 Å². The van der Waals surface area contributed by atoms with Crippen LogP contribution in [0.4, 0.5) is 5.69 Å². The van der Waals surface area contributed by atoms with E-state index in [1.54, 1.807) is 0 Å². The Hall–Kier alpha value is -2.62. The highest BCUT2D eigenvalue weighted by molar-refractivity contribution is 5.95. The van der Waals surface area contributed by atoms with Crippen LogP contribution in [0.25, 0.3) is 0 Å². The third-order valence-corrected chi connectivity index (χ3v) is 5.27. The zero-order valence-corrected chi connectivity index (χ0v) is 17.1. The van der Waals surface area contributed by atoms with E-state index in [1.165, 1.54) is 11.1 Å². The van der Waals surface area contributed by atoms with Crippen LogP contribution in [0, 0.1) is 0 Å². The molecule has 0 spiro atoms. The summed E-state index contributed by atoms with van der Waals surface area (Å²) in [5.74, 6) is 0.246. The molecule has 28 heavy (non-hydrogen) atoms. The number of rotatable bonds is 6. The van der Waals surface area contributed by atoms with Crippen molar-refractivity contribution < 1.29 is 9.59 Å². The largest absolute Gasteiger partial charge is 0.352 e. The van der Waals surface area contributed by atoms with Crippen molar-refractivity contribution in [2.45, 2.75) is 58.4 Å². The van der Waals surface area contributed by atoms with Gasteiger partial charge in [0.2, 0.25) is 11.8 Å². The van der Waals surface area contributed by atoms with Gasteiger partial charge in [-0.3, -0.25) is 9.59 Å². The predicted octanol–water partition coefficient (Wildman–Crippen LogP) is 4.36. The second-order valence-electron chi connectivity index (χ2n) is 8.54. The molecule has 4 heteroatoms. The van der Waals surface area contributed by atoms with Gasteiger partial charge in [-0.2, -0.15) is 0 Å². The van der Waals surface area contributed by atoms with Gasteiger partial charge in [0.05, 0.1) is 0 Å². The summed E-state index contributed by atoms with van der Waals surface area (Å²) in [6.07, 6.45) is 2.79. The quantitative estimate of drug-likeness (QED) is 0.812. The summed E-state index contributed by atoms with van der Waals surface area (Å²) < 4.78 is 0. The van der Waals surface area contributed by atoms with Gasteiger partial charge in [-0.25, -0.2) is 0 Å². The van der Waals surface area contributed by atoms with Crippen LogP contribution in [-0.4, -0.2) is 18.4 Å². The molecule has 1 aliphatic rings. The van der Waals surface area contributed by atoms with Gasteiger partial charge in [0.15, 0.2) is 0 Å². The molecule has 2 aromatic carbocycles. The molecule has 0 saturated carbocycles. The molecule has 1 saturated heterocycles. The number of benzene rings is 2. The van der Waals surface area contributed by atoms with Crippen molar-refractivity contribution in [3.8, 4) is 0 Å². The summed E-state index contributed by atoms with van der Waals surface area (Å²) in [4.78, 5) is 25.8. The molecule has 2 aromatic rings. The average molecular weight is 379 g/mol. The van der Waals surface area contributed by atoms with E-state index in [4.69, 9.17) is 0 Å². The molecule has 1 aliphatic heterocycles.